The number of hydrogen-bond acceptors (Lipinski definition) is 5. The number of hydrogen-bond donors (Lipinski definition) is 2. The Kier molecular flexibility index (Phi) is 5.00. The number of nitrogens with two attached hydrogens (primary N) is 2. The molecule has 19 heavy (non-hydrogen) atoms. The maximum atomic E-state index is 11.0. The van der Waals surface area contributed by atoms with E-state index < -0.39 is 15.0 Å². The van der Waals surface area contributed by atoms with Gasteiger partial charge in [0.1, 0.15) is 10.1 Å². The predicted molar refractivity (Wildman–Crippen MR) is 68.7 cm³/mol. The van der Waals surface area contributed by atoms with E-state index in [1.165, 1.54) is 12.1 Å². The van der Waals surface area contributed by atoms with Crippen LogP contribution in [0.4, 0.5) is 11.4 Å². The number of benzene rings is 2. The molecule has 94 valence electrons. The van der Waals surface area contributed by atoms with Crippen LogP contribution in [0.5, 0.6) is 0 Å². The van der Waals surface area contributed by atoms with Crippen LogP contribution in [0.1, 0.15) is 0 Å². The van der Waals surface area contributed by atoms with Crippen molar-refractivity contribution in [1.82, 2.24) is 0 Å². The molecule has 5 nitrogen and oxygen atoms in total. The van der Waals surface area contributed by atoms with Crippen LogP contribution in [0.15, 0.2) is 47.4 Å². The summed E-state index contributed by atoms with van der Waals surface area (Å²) in [6.07, 6.45) is 0. The summed E-state index contributed by atoms with van der Waals surface area (Å²) in [7, 11) is -4.57. The Bertz CT molecular complexity index is 685. The SMILES string of the molecule is Nc1ccc(-c2ccc(N)c(S(=O)(=O)[O-])c2)cc1.[Na+]. The zero-order valence-electron chi connectivity index (χ0n) is 10.3. The number of nitrogen functional groups attached to an aromatic ring is 2. The first-order valence-electron chi connectivity index (χ1n) is 5.09. The Morgan fingerprint density at radius 2 is 1.42 bits per heavy atom. The molecule has 0 aliphatic rings. The topological polar surface area (TPSA) is 109 Å². The Labute approximate surface area is 133 Å². The van der Waals surface area contributed by atoms with Crippen LogP contribution < -0.4 is 41.0 Å². The van der Waals surface area contributed by atoms with Gasteiger partial charge in [0.2, 0.25) is 0 Å². The maximum Gasteiger partial charge on any atom is 1.00 e. The summed E-state index contributed by atoms with van der Waals surface area (Å²) in [6.45, 7) is 0. The molecule has 0 amide bonds. The predicted octanol–water partition coefficient (Wildman–Crippen LogP) is -1.57. The zero-order valence-corrected chi connectivity index (χ0v) is 13.1. The quantitative estimate of drug-likeness (QED) is 0.393. The van der Waals surface area contributed by atoms with E-state index in [0.29, 0.717) is 11.3 Å². The molecule has 0 saturated carbocycles. The molecule has 0 aliphatic heterocycles. The van der Waals surface area contributed by atoms with Crippen molar-refractivity contribution in [2.24, 2.45) is 0 Å². The molecule has 0 saturated heterocycles. The maximum absolute atomic E-state index is 11.0. The minimum absolute atomic E-state index is 0. The summed E-state index contributed by atoms with van der Waals surface area (Å²) in [5, 5.41) is 0. The second-order valence-electron chi connectivity index (χ2n) is 3.83. The van der Waals surface area contributed by atoms with Crippen LogP contribution in [-0.4, -0.2) is 13.0 Å². The second-order valence-corrected chi connectivity index (χ2v) is 5.18. The largest absolute Gasteiger partial charge is 1.00 e. The van der Waals surface area contributed by atoms with Gasteiger partial charge in [-0.3, -0.25) is 0 Å². The van der Waals surface area contributed by atoms with Crippen molar-refractivity contribution < 1.29 is 42.5 Å². The molecule has 7 heteroatoms. The molecule has 0 fully saturated rings. The first-order valence-corrected chi connectivity index (χ1v) is 6.50. The average Bonchev–Trinajstić information content (AvgIpc) is 2.29. The van der Waals surface area contributed by atoms with Crippen molar-refractivity contribution in [3.05, 3.63) is 42.5 Å². The van der Waals surface area contributed by atoms with Crippen LogP contribution >= 0.6 is 0 Å². The molecule has 0 bridgehead atoms. The van der Waals surface area contributed by atoms with Gasteiger partial charge in [0.05, 0.1) is 4.90 Å². The van der Waals surface area contributed by atoms with Gasteiger partial charge >= 0.3 is 29.6 Å². The van der Waals surface area contributed by atoms with E-state index in [-0.39, 0.29) is 35.2 Å². The van der Waals surface area contributed by atoms with Crippen molar-refractivity contribution >= 4 is 21.5 Å². The first-order chi connectivity index (χ1) is 8.38. The van der Waals surface area contributed by atoms with Crippen molar-refractivity contribution in [3.63, 3.8) is 0 Å². The normalized spacial score (nSPS) is 10.8. The van der Waals surface area contributed by atoms with Crippen LogP contribution in [0.25, 0.3) is 11.1 Å². The molecular formula is C12H11N2NaO3S. The second kappa shape index (κ2) is 5.94. The molecule has 2 aromatic rings. The molecule has 0 radical (unpaired) electrons. The third kappa shape index (κ3) is 3.71. The van der Waals surface area contributed by atoms with E-state index in [1.54, 1.807) is 30.3 Å². The molecule has 2 rings (SSSR count). The fourth-order valence-corrected chi connectivity index (χ4v) is 2.23. The summed E-state index contributed by atoms with van der Waals surface area (Å²) in [4.78, 5) is -0.406. The van der Waals surface area contributed by atoms with Gasteiger partial charge in [0.25, 0.3) is 0 Å². The van der Waals surface area contributed by atoms with Gasteiger partial charge in [0.15, 0.2) is 0 Å². The van der Waals surface area contributed by atoms with Crippen LogP contribution in [0, 0.1) is 0 Å². The monoisotopic (exact) mass is 286 g/mol. The van der Waals surface area contributed by atoms with E-state index in [4.69, 9.17) is 11.5 Å². The van der Waals surface area contributed by atoms with Crippen LogP contribution in [0.2, 0.25) is 0 Å². The number of rotatable bonds is 2. The van der Waals surface area contributed by atoms with Gasteiger partial charge < -0.3 is 16.0 Å². The summed E-state index contributed by atoms with van der Waals surface area (Å²) >= 11 is 0. The Morgan fingerprint density at radius 1 is 0.895 bits per heavy atom. The molecule has 0 aromatic heterocycles. The molecule has 0 heterocycles. The fraction of sp³-hybridized carbons (Fsp3) is 0. The van der Waals surface area contributed by atoms with Crippen molar-refractivity contribution in [3.8, 4) is 11.1 Å². The number of anilines is 2. The van der Waals surface area contributed by atoms with E-state index in [9.17, 15) is 13.0 Å². The van der Waals surface area contributed by atoms with Crippen molar-refractivity contribution in [2.45, 2.75) is 4.90 Å². The zero-order chi connectivity index (χ0) is 13.3. The summed E-state index contributed by atoms with van der Waals surface area (Å²) < 4.78 is 33.1. The smallest absolute Gasteiger partial charge is 0.744 e. The van der Waals surface area contributed by atoms with E-state index >= 15 is 0 Å². The van der Waals surface area contributed by atoms with E-state index in [2.05, 4.69) is 0 Å². The van der Waals surface area contributed by atoms with Gasteiger partial charge in [-0.05, 0) is 35.4 Å². The van der Waals surface area contributed by atoms with Gasteiger partial charge in [-0.15, -0.1) is 0 Å². The molecule has 0 aliphatic carbocycles. The molecule has 0 atom stereocenters. The van der Waals surface area contributed by atoms with Crippen LogP contribution in [-0.2, 0) is 10.1 Å². The van der Waals surface area contributed by atoms with Gasteiger partial charge in [-0.1, -0.05) is 18.2 Å². The molecular weight excluding hydrogens is 275 g/mol. The minimum atomic E-state index is -4.57. The third-order valence-electron chi connectivity index (χ3n) is 2.53. The summed E-state index contributed by atoms with van der Waals surface area (Å²) in [6, 6.07) is 11.2. The van der Waals surface area contributed by atoms with Gasteiger partial charge in [0, 0.05) is 11.4 Å². The van der Waals surface area contributed by atoms with E-state index in [0.717, 1.165) is 5.56 Å². The molecule has 2 aromatic carbocycles. The first kappa shape index (κ1) is 16.0. The van der Waals surface area contributed by atoms with Crippen molar-refractivity contribution in [2.75, 3.05) is 11.5 Å². The fourth-order valence-electron chi connectivity index (χ4n) is 1.61. The Balaban J connectivity index is 0.00000180. The molecule has 4 N–H and O–H groups in total. The van der Waals surface area contributed by atoms with Gasteiger partial charge in [-0.25, -0.2) is 8.42 Å². The Morgan fingerprint density at radius 3 is 1.95 bits per heavy atom. The van der Waals surface area contributed by atoms with Crippen LogP contribution in [0.3, 0.4) is 0 Å². The van der Waals surface area contributed by atoms with E-state index in [1.807, 2.05) is 0 Å². The molecule has 0 unspecified atom stereocenters. The van der Waals surface area contributed by atoms with Gasteiger partial charge in [-0.2, -0.15) is 0 Å². The standard InChI is InChI=1S/C12H12N2O3S.Na/c13-10-4-1-8(2-5-10)9-3-6-11(14)12(7-9)18(15,16)17;/h1-7H,13-14H2,(H,15,16,17);/q;+1/p-1. The van der Waals surface area contributed by atoms with Crippen molar-refractivity contribution in [1.29, 1.82) is 0 Å². The Hall–Kier alpha value is -1.05. The minimum Gasteiger partial charge on any atom is -0.744 e. The molecule has 0 spiro atoms. The third-order valence-corrected chi connectivity index (χ3v) is 3.42. The average molecular weight is 286 g/mol. The summed E-state index contributed by atoms with van der Waals surface area (Å²) in [5.74, 6) is 0. The summed E-state index contributed by atoms with van der Waals surface area (Å²) in [5.41, 5.74) is 12.9.